The molecule has 0 amide bonds. The Labute approximate surface area is 89.1 Å². The van der Waals surface area contributed by atoms with Gasteiger partial charge in [-0.15, -0.1) is 0 Å². The number of rotatable bonds is 5. The zero-order valence-corrected chi connectivity index (χ0v) is 8.53. The summed E-state index contributed by atoms with van der Waals surface area (Å²) >= 11 is 0. The van der Waals surface area contributed by atoms with E-state index in [4.69, 9.17) is 0 Å². The van der Waals surface area contributed by atoms with Crippen LogP contribution in [0.2, 0.25) is 0 Å². The summed E-state index contributed by atoms with van der Waals surface area (Å²) in [5.41, 5.74) is -1.62. The van der Waals surface area contributed by atoms with Gasteiger partial charge in [0.05, 0.1) is 13.0 Å². The molecule has 0 rings (SSSR count). The minimum Gasteiger partial charge on any atom is -0.462 e. The average molecular weight is 246 g/mol. The first-order valence-electron chi connectivity index (χ1n) is 4.56. The SMILES string of the molecule is CCCCOC(=O)C(CC(F)(F)F)=C(F)F. The molecule has 0 spiro atoms. The molecule has 0 fully saturated rings. The molecule has 0 radical (unpaired) electrons. The average Bonchev–Trinajstić information content (AvgIpc) is 2.12. The van der Waals surface area contributed by atoms with E-state index in [2.05, 4.69) is 4.74 Å². The summed E-state index contributed by atoms with van der Waals surface area (Å²) in [6, 6.07) is 0. The molecule has 0 saturated carbocycles. The second-order valence-electron chi connectivity index (χ2n) is 3.02. The van der Waals surface area contributed by atoms with Gasteiger partial charge in [-0.25, -0.2) is 4.79 Å². The summed E-state index contributed by atoms with van der Waals surface area (Å²) in [7, 11) is 0. The third-order valence-corrected chi connectivity index (χ3v) is 1.58. The van der Waals surface area contributed by atoms with Crippen molar-refractivity contribution in [2.45, 2.75) is 32.4 Å². The van der Waals surface area contributed by atoms with Gasteiger partial charge in [0.1, 0.15) is 5.57 Å². The van der Waals surface area contributed by atoms with Gasteiger partial charge >= 0.3 is 12.1 Å². The van der Waals surface area contributed by atoms with Crippen molar-refractivity contribution in [2.24, 2.45) is 0 Å². The van der Waals surface area contributed by atoms with Crippen molar-refractivity contribution in [2.75, 3.05) is 6.61 Å². The van der Waals surface area contributed by atoms with Crippen molar-refractivity contribution in [3.8, 4) is 0 Å². The molecule has 0 bridgehead atoms. The summed E-state index contributed by atoms with van der Waals surface area (Å²) in [5.74, 6) is -1.61. The number of hydrogen-bond donors (Lipinski definition) is 0. The maximum absolute atomic E-state index is 12.1. The molecular formula is C9H11F5O2. The van der Waals surface area contributed by atoms with E-state index < -0.39 is 30.2 Å². The quantitative estimate of drug-likeness (QED) is 0.321. The number of halogens is 5. The molecule has 0 heterocycles. The Balaban J connectivity index is 4.46. The van der Waals surface area contributed by atoms with Crippen molar-refractivity contribution in [1.29, 1.82) is 0 Å². The lowest BCUT2D eigenvalue weighted by atomic mass is 10.2. The minimum absolute atomic E-state index is 0.163. The largest absolute Gasteiger partial charge is 0.462 e. The summed E-state index contributed by atoms with van der Waals surface area (Å²) in [5, 5.41) is 0. The van der Waals surface area contributed by atoms with E-state index in [1.807, 2.05) is 0 Å². The number of esters is 1. The maximum Gasteiger partial charge on any atom is 0.393 e. The van der Waals surface area contributed by atoms with Gasteiger partial charge in [-0.1, -0.05) is 13.3 Å². The predicted molar refractivity (Wildman–Crippen MR) is 45.8 cm³/mol. The van der Waals surface area contributed by atoms with E-state index >= 15 is 0 Å². The van der Waals surface area contributed by atoms with Gasteiger partial charge in [-0.3, -0.25) is 0 Å². The standard InChI is InChI=1S/C9H11F5O2/c1-2-3-4-16-8(15)6(7(10)11)5-9(12,13)14/h2-5H2,1H3. The van der Waals surface area contributed by atoms with Crippen LogP contribution in [-0.2, 0) is 9.53 Å². The van der Waals surface area contributed by atoms with Crippen LogP contribution in [0.25, 0.3) is 0 Å². The molecule has 0 aromatic rings. The number of hydrogen-bond acceptors (Lipinski definition) is 2. The Hall–Kier alpha value is -1.14. The topological polar surface area (TPSA) is 26.3 Å². The van der Waals surface area contributed by atoms with Crippen LogP contribution in [0.15, 0.2) is 11.7 Å². The van der Waals surface area contributed by atoms with Gasteiger partial charge in [0.2, 0.25) is 0 Å². The van der Waals surface area contributed by atoms with Crippen LogP contribution in [0, 0.1) is 0 Å². The molecule has 0 aliphatic rings. The van der Waals surface area contributed by atoms with Crippen LogP contribution in [-0.4, -0.2) is 18.8 Å². The molecule has 16 heavy (non-hydrogen) atoms. The lowest BCUT2D eigenvalue weighted by Gasteiger charge is -2.09. The Morgan fingerprint density at radius 3 is 2.19 bits per heavy atom. The van der Waals surface area contributed by atoms with Crippen LogP contribution in [0.4, 0.5) is 22.0 Å². The van der Waals surface area contributed by atoms with Gasteiger partial charge in [0, 0.05) is 0 Å². The molecule has 0 unspecified atom stereocenters. The zero-order valence-electron chi connectivity index (χ0n) is 8.53. The molecule has 0 aromatic heterocycles. The normalized spacial score (nSPS) is 11.1. The fourth-order valence-corrected chi connectivity index (χ4v) is 0.813. The highest BCUT2D eigenvalue weighted by Crippen LogP contribution is 2.27. The van der Waals surface area contributed by atoms with Gasteiger partial charge in [0.15, 0.2) is 0 Å². The molecule has 0 atom stereocenters. The second kappa shape index (κ2) is 6.44. The van der Waals surface area contributed by atoms with E-state index in [9.17, 15) is 26.7 Å². The zero-order chi connectivity index (χ0) is 12.8. The van der Waals surface area contributed by atoms with Crippen LogP contribution in [0.3, 0.4) is 0 Å². The highest BCUT2D eigenvalue weighted by Gasteiger charge is 2.34. The van der Waals surface area contributed by atoms with Gasteiger partial charge < -0.3 is 4.74 Å². The fraction of sp³-hybridized carbons (Fsp3) is 0.667. The summed E-state index contributed by atoms with van der Waals surface area (Å²) in [6.45, 7) is 1.60. The molecule has 7 heteroatoms. The van der Waals surface area contributed by atoms with Crippen molar-refractivity contribution in [3.05, 3.63) is 11.7 Å². The lowest BCUT2D eigenvalue weighted by Crippen LogP contribution is -2.17. The number of unbranched alkanes of at least 4 members (excludes halogenated alkanes) is 1. The molecule has 0 N–H and O–H groups in total. The molecule has 2 nitrogen and oxygen atoms in total. The third kappa shape index (κ3) is 6.36. The van der Waals surface area contributed by atoms with Crippen molar-refractivity contribution in [1.82, 2.24) is 0 Å². The second-order valence-corrected chi connectivity index (χ2v) is 3.02. The molecule has 0 aliphatic heterocycles. The smallest absolute Gasteiger partial charge is 0.393 e. The van der Waals surface area contributed by atoms with Crippen LogP contribution in [0.5, 0.6) is 0 Å². The third-order valence-electron chi connectivity index (χ3n) is 1.58. The van der Waals surface area contributed by atoms with E-state index in [0.29, 0.717) is 12.8 Å². The van der Waals surface area contributed by atoms with Gasteiger partial charge in [-0.05, 0) is 6.42 Å². The Morgan fingerprint density at radius 1 is 1.25 bits per heavy atom. The summed E-state index contributed by atoms with van der Waals surface area (Å²) in [4.78, 5) is 10.9. The molecular weight excluding hydrogens is 235 g/mol. The number of alkyl halides is 3. The summed E-state index contributed by atoms with van der Waals surface area (Å²) < 4.78 is 63.9. The van der Waals surface area contributed by atoms with E-state index in [1.54, 1.807) is 6.92 Å². The first-order valence-corrected chi connectivity index (χ1v) is 4.56. The van der Waals surface area contributed by atoms with Crippen LogP contribution < -0.4 is 0 Å². The van der Waals surface area contributed by atoms with Crippen molar-refractivity contribution >= 4 is 5.97 Å². The Morgan fingerprint density at radius 2 is 1.81 bits per heavy atom. The van der Waals surface area contributed by atoms with E-state index in [0.717, 1.165) is 0 Å². The first kappa shape index (κ1) is 14.9. The molecule has 94 valence electrons. The number of carbonyl (C=O) groups excluding carboxylic acids is 1. The van der Waals surface area contributed by atoms with Crippen molar-refractivity contribution in [3.63, 3.8) is 0 Å². The van der Waals surface area contributed by atoms with Crippen molar-refractivity contribution < 1.29 is 31.5 Å². The monoisotopic (exact) mass is 246 g/mol. The molecule has 0 aliphatic carbocycles. The van der Waals surface area contributed by atoms with Gasteiger partial charge in [0.25, 0.3) is 6.08 Å². The maximum atomic E-state index is 12.1. The van der Waals surface area contributed by atoms with Gasteiger partial charge in [-0.2, -0.15) is 22.0 Å². The minimum atomic E-state index is -4.86. The number of carbonyl (C=O) groups is 1. The lowest BCUT2D eigenvalue weighted by molar-refractivity contribution is -0.148. The Bertz CT molecular complexity index is 266. The molecule has 0 aromatic carbocycles. The van der Waals surface area contributed by atoms with E-state index in [1.165, 1.54) is 0 Å². The van der Waals surface area contributed by atoms with Crippen LogP contribution >= 0.6 is 0 Å². The summed E-state index contributed by atoms with van der Waals surface area (Å²) in [6.07, 6.45) is -8.43. The molecule has 0 saturated heterocycles. The Kier molecular flexibility index (Phi) is 5.98. The highest BCUT2D eigenvalue weighted by atomic mass is 19.4. The van der Waals surface area contributed by atoms with Crippen LogP contribution in [0.1, 0.15) is 26.2 Å². The van der Waals surface area contributed by atoms with E-state index in [-0.39, 0.29) is 6.61 Å². The predicted octanol–water partition coefficient (Wildman–Crippen LogP) is 3.43. The number of ether oxygens (including phenoxy) is 1. The fourth-order valence-electron chi connectivity index (χ4n) is 0.813. The highest BCUT2D eigenvalue weighted by molar-refractivity contribution is 5.88. The first-order chi connectivity index (χ1) is 7.28.